The molecule has 0 saturated carbocycles. The second kappa shape index (κ2) is 9.76. The number of hydrogen-bond acceptors (Lipinski definition) is 4. The van der Waals surface area contributed by atoms with Gasteiger partial charge in [-0.3, -0.25) is 4.79 Å². The molecule has 27 heavy (non-hydrogen) atoms. The van der Waals surface area contributed by atoms with Crippen molar-refractivity contribution in [2.75, 3.05) is 18.6 Å². The zero-order valence-electron chi connectivity index (χ0n) is 15.7. The van der Waals surface area contributed by atoms with Crippen molar-refractivity contribution in [2.45, 2.75) is 26.3 Å². The molecule has 0 saturated heterocycles. The van der Waals surface area contributed by atoms with Gasteiger partial charge < -0.3 is 9.30 Å². The van der Waals surface area contributed by atoms with E-state index in [1.54, 1.807) is 23.1 Å². The lowest BCUT2D eigenvalue weighted by Gasteiger charge is -2.05. The predicted octanol–water partition coefficient (Wildman–Crippen LogP) is 4.52. The fourth-order valence-corrected chi connectivity index (χ4v) is 4.26. The van der Waals surface area contributed by atoms with Crippen molar-refractivity contribution in [2.24, 2.45) is 4.99 Å². The Bertz CT molecular complexity index is 961. The highest BCUT2D eigenvalue weighted by atomic mass is 32.2. The second-order valence-corrected chi connectivity index (χ2v) is 8.10. The van der Waals surface area contributed by atoms with Gasteiger partial charge in [0, 0.05) is 12.3 Å². The number of nitrogens with zero attached hydrogens (tertiary/aromatic N) is 2. The summed E-state index contributed by atoms with van der Waals surface area (Å²) in [5.41, 5.74) is 2.45. The van der Waals surface area contributed by atoms with Crippen LogP contribution in [-0.4, -0.2) is 29.1 Å². The van der Waals surface area contributed by atoms with Gasteiger partial charge in [0.15, 0.2) is 4.80 Å². The SMILES string of the molecule is CCc1ccc2c(c1)sc(=NC(=O)CCOc1ccccc1)n2CCSC. The molecule has 2 aromatic carbocycles. The average Bonchev–Trinajstić information content (AvgIpc) is 3.03. The number of hydrogen-bond donors (Lipinski definition) is 0. The number of thioether (sulfide) groups is 1. The highest BCUT2D eigenvalue weighted by molar-refractivity contribution is 7.98. The average molecular weight is 401 g/mol. The Kier molecular flexibility index (Phi) is 7.12. The Morgan fingerprint density at radius 1 is 1.22 bits per heavy atom. The molecular weight excluding hydrogens is 376 g/mol. The predicted molar refractivity (Wildman–Crippen MR) is 115 cm³/mol. The molecule has 0 unspecified atom stereocenters. The Morgan fingerprint density at radius 2 is 2.04 bits per heavy atom. The lowest BCUT2D eigenvalue weighted by atomic mass is 10.2. The zero-order chi connectivity index (χ0) is 19.1. The first-order chi connectivity index (χ1) is 13.2. The summed E-state index contributed by atoms with van der Waals surface area (Å²) in [5.74, 6) is 1.61. The van der Waals surface area contributed by atoms with Crippen LogP contribution in [0.1, 0.15) is 18.9 Å². The minimum absolute atomic E-state index is 0.147. The van der Waals surface area contributed by atoms with Crippen LogP contribution in [0, 0.1) is 0 Å². The van der Waals surface area contributed by atoms with E-state index in [4.69, 9.17) is 4.74 Å². The monoisotopic (exact) mass is 400 g/mol. The van der Waals surface area contributed by atoms with Crippen LogP contribution in [0.15, 0.2) is 53.5 Å². The van der Waals surface area contributed by atoms with Gasteiger partial charge >= 0.3 is 0 Å². The van der Waals surface area contributed by atoms with Gasteiger partial charge in [0.05, 0.1) is 23.2 Å². The van der Waals surface area contributed by atoms with E-state index in [-0.39, 0.29) is 12.3 Å². The van der Waals surface area contributed by atoms with Crippen LogP contribution >= 0.6 is 23.1 Å². The minimum Gasteiger partial charge on any atom is -0.493 e. The number of carbonyl (C=O) groups is 1. The van der Waals surface area contributed by atoms with E-state index in [9.17, 15) is 4.79 Å². The van der Waals surface area contributed by atoms with Crippen molar-refractivity contribution in [3.05, 3.63) is 58.9 Å². The second-order valence-electron chi connectivity index (χ2n) is 6.10. The maximum atomic E-state index is 12.4. The third-order valence-electron chi connectivity index (χ3n) is 4.22. The topological polar surface area (TPSA) is 43.6 Å². The molecule has 4 nitrogen and oxygen atoms in total. The number of fused-ring (bicyclic) bond motifs is 1. The van der Waals surface area contributed by atoms with Gasteiger partial charge in [-0.1, -0.05) is 42.5 Å². The fraction of sp³-hybridized carbons (Fsp3) is 0.333. The third-order valence-corrected chi connectivity index (χ3v) is 5.85. The lowest BCUT2D eigenvalue weighted by Crippen LogP contribution is -2.18. The van der Waals surface area contributed by atoms with E-state index < -0.39 is 0 Å². The molecule has 142 valence electrons. The number of ether oxygens (including phenoxy) is 1. The van der Waals surface area contributed by atoms with Gasteiger partial charge in [0.2, 0.25) is 0 Å². The van der Waals surface area contributed by atoms with Crippen LogP contribution in [0.4, 0.5) is 0 Å². The van der Waals surface area contributed by atoms with Gasteiger partial charge in [0.25, 0.3) is 5.91 Å². The molecule has 0 fully saturated rings. The van der Waals surface area contributed by atoms with Crippen molar-refractivity contribution in [1.29, 1.82) is 0 Å². The quantitative estimate of drug-likeness (QED) is 0.558. The largest absolute Gasteiger partial charge is 0.493 e. The Morgan fingerprint density at radius 3 is 2.78 bits per heavy atom. The summed E-state index contributed by atoms with van der Waals surface area (Å²) in [6.07, 6.45) is 3.36. The lowest BCUT2D eigenvalue weighted by molar-refractivity contribution is -0.118. The maximum absolute atomic E-state index is 12.4. The van der Waals surface area contributed by atoms with Crippen molar-refractivity contribution >= 4 is 39.2 Å². The Labute approximate surface area is 167 Å². The molecular formula is C21H24N2O2S2. The smallest absolute Gasteiger partial charge is 0.251 e. The van der Waals surface area contributed by atoms with Crippen molar-refractivity contribution < 1.29 is 9.53 Å². The summed E-state index contributed by atoms with van der Waals surface area (Å²) in [5, 5.41) is 0. The van der Waals surface area contributed by atoms with E-state index in [0.29, 0.717) is 6.61 Å². The number of thiazole rings is 1. The first kappa shape index (κ1) is 19.7. The molecule has 0 atom stereocenters. The molecule has 3 rings (SSSR count). The number of rotatable bonds is 8. The number of aromatic nitrogens is 1. The van der Waals surface area contributed by atoms with Crippen LogP contribution in [0.5, 0.6) is 5.75 Å². The van der Waals surface area contributed by atoms with E-state index >= 15 is 0 Å². The normalized spacial score (nSPS) is 11.9. The molecule has 0 aliphatic rings. The molecule has 0 spiro atoms. The molecule has 1 amide bonds. The molecule has 3 aromatic rings. The molecule has 0 aliphatic carbocycles. The summed E-state index contributed by atoms with van der Waals surface area (Å²) in [4.78, 5) is 17.5. The van der Waals surface area contributed by atoms with E-state index in [1.807, 2.05) is 30.3 Å². The van der Waals surface area contributed by atoms with E-state index in [1.165, 1.54) is 10.3 Å². The number of benzene rings is 2. The first-order valence-electron chi connectivity index (χ1n) is 9.08. The van der Waals surface area contributed by atoms with Gasteiger partial charge in [-0.05, 0) is 42.5 Å². The van der Waals surface area contributed by atoms with Crippen LogP contribution in [0.2, 0.25) is 0 Å². The van der Waals surface area contributed by atoms with Crippen molar-refractivity contribution in [3.63, 3.8) is 0 Å². The van der Waals surface area contributed by atoms with Crippen LogP contribution in [0.25, 0.3) is 10.2 Å². The molecule has 0 radical (unpaired) electrons. The molecule has 0 aliphatic heterocycles. The van der Waals surface area contributed by atoms with Gasteiger partial charge in [-0.2, -0.15) is 16.8 Å². The first-order valence-corrected chi connectivity index (χ1v) is 11.3. The van der Waals surface area contributed by atoms with Gasteiger partial charge in [-0.15, -0.1) is 0 Å². The molecule has 6 heteroatoms. The molecule has 1 heterocycles. The van der Waals surface area contributed by atoms with Gasteiger partial charge in [-0.25, -0.2) is 0 Å². The summed E-state index contributed by atoms with van der Waals surface area (Å²) >= 11 is 3.38. The van der Waals surface area contributed by atoms with Crippen molar-refractivity contribution in [3.8, 4) is 5.75 Å². The highest BCUT2D eigenvalue weighted by Crippen LogP contribution is 2.20. The summed E-state index contributed by atoms with van der Waals surface area (Å²) in [6, 6.07) is 16.0. The highest BCUT2D eigenvalue weighted by Gasteiger charge is 2.09. The minimum atomic E-state index is -0.147. The molecule has 0 bridgehead atoms. The number of amides is 1. The standard InChI is InChI=1S/C21H24N2O2S2/c1-3-16-9-10-18-19(15-16)27-21(23(18)12-14-26-2)22-20(24)11-13-25-17-7-5-4-6-8-17/h4-10,15H,3,11-14H2,1-2H3. The van der Waals surface area contributed by atoms with E-state index in [2.05, 4.69) is 40.9 Å². The van der Waals surface area contributed by atoms with Crippen LogP contribution in [0.3, 0.4) is 0 Å². The van der Waals surface area contributed by atoms with Gasteiger partial charge in [0.1, 0.15) is 5.75 Å². The van der Waals surface area contributed by atoms with Crippen LogP contribution < -0.4 is 9.54 Å². The third kappa shape index (κ3) is 5.23. The molecule has 0 N–H and O–H groups in total. The number of para-hydroxylation sites is 1. The maximum Gasteiger partial charge on any atom is 0.251 e. The number of carbonyl (C=O) groups excluding carboxylic acids is 1. The summed E-state index contributed by atoms with van der Waals surface area (Å²) in [6.45, 7) is 3.33. The molecule has 1 aromatic heterocycles. The Hall–Kier alpha value is -2.05. The van der Waals surface area contributed by atoms with Crippen LogP contribution in [-0.2, 0) is 17.8 Å². The summed E-state index contributed by atoms with van der Waals surface area (Å²) in [7, 11) is 0. The fourth-order valence-electron chi connectivity index (χ4n) is 2.76. The van der Waals surface area contributed by atoms with E-state index in [0.717, 1.165) is 34.8 Å². The summed E-state index contributed by atoms with van der Waals surface area (Å²) < 4.78 is 8.95. The van der Waals surface area contributed by atoms with Crippen molar-refractivity contribution in [1.82, 2.24) is 4.57 Å². The zero-order valence-corrected chi connectivity index (χ0v) is 17.3. The Balaban J connectivity index is 1.79. The number of aryl methyl sites for hydroxylation is 2.